The van der Waals surface area contributed by atoms with E-state index in [9.17, 15) is 0 Å². The molecule has 200 valence electrons. The number of hydrogen-bond donors (Lipinski definition) is 0. The summed E-state index contributed by atoms with van der Waals surface area (Å²) in [5.74, 6) is 0.728. The zero-order chi connectivity index (χ0) is 27.8. The lowest BCUT2D eigenvalue weighted by molar-refractivity contribution is 0.324. The molecule has 1 aliphatic rings. The Kier molecular flexibility index (Phi) is 5.14. The Balaban J connectivity index is 1.44. The average Bonchev–Trinajstić information content (AvgIpc) is 3.64. The van der Waals surface area contributed by atoms with Crippen LogP contribution in [0, 0.1) is 20.8 Å². The zero-order valence-electron chi connectivity index (χ0n) is 23.6. The minimum absolute atomic E-state index is 0.177. The number of aryl methyl sites for hydroxylation is 3. The van der Waals surface area contributed by atoms with Crippen molar-refractivity contribution < 1.29 is 4.74 Å². The van der Waals surface area contributed by atoms with Gasteiger partial charge in [-0.2, -0.15) is 0 Å². The van der Waals surface area contributed by atoms with Gasteiger partial charge < -0.3 is 9.30 Å². The molecule has 0 aliphatic carbocycles. The van der Waals surface area contributed by atoms with Gasteiger partial charge >= 0.3 is 0 Å². The van der Waals surface area contributed by atoms with Crippen molar-refractivity contribution in [2.24, 2.45) is 4.99 Å². The third-order valence-electron chi connectivity index (χ3n) is 8.21. The summed E-state index contributed by atoms with van der Waals surface area (Å²) in [5.41, 5.74) is 11.3. The minimum Gasteiger partial charge on any atom is -0.475 e. The van der Waals surface area contributed by atoms with Crippen molar-refractivity contribution >= 4 is 49.6 Å². The van der Waals surface area contributed by atoms with E-state index in [4.69, 9.17) is 14.7 Å². The second-order valence-corrected chi connectivity index (χ2v) is 11.4. The van der Waals surface area contributed by atoms with Gasteiger partial charge in [0.25, 0.3) is 0 Å². The number of rotatable bonds is 3. The molecule has 0 fully saturated rings. The van der Waals surface area contributed by atoms with Crippen LogP contribution in [-0.4, -0.2) is 32.7 Å². The highest BCUT2D eigenvalue weighted by atomic mass is 16.5. The molecule has 41 heavy (non-hydrogen) atoms. The monoisotopic (exact) mass is 534 g/mol. The number of aliphatic imine (C=N–C) groups is 1. The van der Waals surface area contributed by atoms with Crippen LogP contribution in [-0.2, 0) is 4.74 Å². The smallest absolute Gasteiger partial charge is 0.216 e. The van der Waals surface area contributed by atoms with E-state index in [1.807, 2.05) is 12.3 Å². The summed E-state index contributed by atoms with van der Waals surface area (Å²) < 4.78 is 10.6. The Hall–Kier alpha value is -4.90. The van der Waals surface area contributed by atoms with Crippen molar-refractivity contribution in [3.8, 4) is 11.4 Å². The lowest BCUT2D eigenvalue weighted by atomic mass is 10.1. The molecule has 0 amide bonds. The van der Waals surface area contributed by atoms with Gasteiger partial charge in [0.2, 0.25) is 5.90 Å². The van der Waals surface area contributed by atoms with Crippen LogP contribution in [0.4, 0.5) is 0 Å². The van der Waals surface area contributed by atoms with E-state index in [1.54, 1.807) is 0 Å². The molecule has 1 atom stereocenters. The van der Waals surface area contributed by atoms with E-state index < -0.39 is 0 Å². The molecule has 5 heteroatoms. The van der Waals surface area contributed by atoms with Gasteiger partial charge in [-0.3, -0.25) is 4.57 Å². The Morgan fingerprint density at radius 3 is 2.17 bits per heavy atom. The van der Waals surface area contributed by atoms with Crippen LogP contribution in [0.3, 0.4) is 0 Å². The van der Waals surface area contributed by atoms with Gasteiger partial charge in [0.05, 0.1) is 22.6 Å². The highest BCUT2D eigenvalue weighted by Gasteiger charge is 2.20. The molecule has 3 aromatic heterocycles. The first kappa shape index (κ1) is 23.9. The standard InChI is InChI=1S/C36H30N4O/c1-21-7-11-32-30(16-21)28-10-9-26(40-33-12-8-22(2)17-31(33)29-6-5-13-37-35(29)40)19-34(28)39(32)27-15-23(3)14-25(18-27)36-38-24(4)20-41-36/h5-19,24H,20H2,1-4H3/t24-/m1/s1. The molecule has 0 unspecified atom stereocenters. The molecule has 0 radical (unpaired) electrons. The Morgan fingerprint density at radius 2 is 1.41 bits per heavy atom. The second-order valence-electron chi connectivity index (χ2n) is 11.4. The first-order chi connectivity index (χ1) is 19.9. The number of pyridine rings is 1. The van der Waals surface area contributed by atoms with E-state index in [0.717, 1.165) is 44.9 Å². The summed E-state index contributed by atoms with van der Waals surface area (Å²) >= 11 is 0. The van der Waals surface area contributed by atoms with Crippen LogP contribution in [0.1, 0.15) is 29.2 Å². The van der Waals surface area contributed by atoms with Crippen molar-refractivity contribution in [3.63, 3.8) is 0 Å². The summed E-state index contributed by atoms with van der Waals surface area (Å²) in [6.45, 7) is 9.16. The predicted octanol–water partition coefficient (Wildman–Crippen LogP) is 8.37. The van der Waals surface area contributed by atoms with Crippen molar-refractivity contribution in [3.05, 3.63) is 113 Å². The molecule has 1 aliphatic heterocycles. The maximum atomic E-state index is 5.96. The summed E-state index contributed by atoms with van der Waals surface area (Å²) in [4.78, 5) is 9.59. The summed E-state index contributed by atoms with van der Waals surface area (Å²) in [6, 6.07) is 31.2. The van der Waals surface area contributed by atoms with Gasteiger partial charge in [0.1, 0.15) is 12.3 Å². The Morgan fingerprint density at radius 1 is 0.659 bits per heavy atom. The van der Waals surface area contributed by atoms with Crippen LogP contribution >= 0.6 is 0 Å². The predicted molar refractivity (Wildman–Crippen MR) is 169 cm³/mol. The molecule has 0 N–H and O–H groups in total. The summed E-state index contributed by atoms with van der Waals surface area (Å²) in [7, 11) is 0. The highest BCUT2D eigenvalue weighted by molar-refractivity contribution is 6.11. The number of nitrogens with zero attached hydrogens (tertiary/aromatic N) is 4. The minimum atomic E-state index is 0.177. The topological polar surface area (TPSA) is 44.3 Å². The Labute approximate surface area is 238 Å². The average molecular weight is 535 g/mol. The molecule has 0 saturated carbocycles. The van der Waals surface area contributed by atoms with Crippen molar-refractivity contribution in [1.29, 1.82) is 0 Å². The first-order valence-electron chi connectivity index (χ1n) is 14.2. The molecular formula is C36H30N4O. The van der Waals surface area contributed by atoms with Crippen molar-refractivity contribution in [2.45, 2.75) is 33.7 Å². The van der Waals surface area contributed by atoms with Gasteiger partial charge in [0, 0.05) is 44.7 Å². The zero-order valence-corrected chi connectivity index (χ0v) is 23.6. The fraction of sp³-hybridized carbons (Fsp3) is 0.167. The largest absolute Gasteiger partial charge is 0.475 e. The van der Waals surface area contributed by atoms with E-state index in [0.29, 0.717) is 6.61 Å². The molecule has 4 heterocycles. The molecular weight excluding hydrogens is 504 g/mol. The normalized spacial score (nSPS) is 15.3. The maximum Gasteiger partial charge on any atom is 0.216 e. The molecule has 8 rings (SSSR count). The van der Waals surface area contributed by atoms with E-state index in [-0.39, 0.29) is 6.04 Å². The second kappa shape index (κ2) is 8.80. The van der Waals surface area contributed by atoms with Crippen LogP contribution in [0.2, 0.25) is 0 Å². The van der Waals surface area contributed by atoms with Gasteiger partial charge in [0.15, 0.2) is 0 Å². The van der Waals surface area contributed by atoms with Crippen molar-refractivity contribution in [2.75, 3.05) is 6.61 Å². The summed E-state index contributed by atoms with van der Waals surface area (Å²) in [5, 5.41) is 4.86. The van der Waals surface area contributed by atoms with E-state index in [2.05, 4.69) is 116 Å². The van der Waals surface area contributed by atoms with Gasteiger partial charge in [-0.15, -0.1) is 0 Å². The van der Waals surface area contributed by atoms with E-state index in [1.165, 1.54) is 38.4 Å². The van der Waals surface area contributed by atoms with Crippen LogP contribution < -0.4 is 0 Å². The lowest BCUT2D eigenvalue weighted by Crippen LogP contribution is -2.04. The van der Waals surface area contributed by atoms with Gasteiger partial charge in [-0.05, 0) is 100.0 Å². The number of ether oxygens (including phenoxy) is 1. The SMILES string of the molecule is Cc1cc(C2=N[C@H](C)CO2)cc(-n2c3ccc(C)cc3c3ccc(-n4c5ccc(C)cc5c5cccnc54)cc32)c1. The third kappa shape index (κ3) is 3.69. The molecule has 0 saturated heterocycles. The van der Waals surface area contributed by atoms with Gasteiger partial charge in [-0.1, -0.05) is 29.3 Å². The molecule has 0 bridgehead atoms. The Bertz CT molecular complexity index is 2210. The van der Waals surface area contributed by atoms with Crippen LogP contribution in [0.25, 0.3) is 55.1 Å². The maximum absolute atomic E-state index is 5.96. The quantitative estimate of drug-likeness (QED) is 0.229. The third-order valence-corrected chi connectivity index (χ3v) is 8.21. The lowest BCUT2D eigenvalue weighted by Gasteiger charge is -2.13. The van der Waals surface area contributed by atoms with Gasteiger partial charge in [-0.25, -0.2) is 9.98 Å². The fourth-order valence-corrected chi connectivity index (χ4v) is 6.41. The fourth-order valence-electron chi connectivity index (χ4n) is 6.41. The number of hydrogen-bond acceptors (Lipinski definition) is 3. The molecule has 0 spiro atoms. The van der Waals surface area contributed by atoms with Crippen LogP contribution in [0.5, 0.6) is 0 Å². The summed E-state index contributed by atoms with van der Waals surface area (Å²) in [6.07, 6.45) is 1.88. The van der Waals surface area contributed by atoms with Crippen LogP contribution in [0.15, 0.2) is 96.1 Å². The number of benzene rings is 4. The first-order valence-corrected chi connectivity index (χ1v) is 14.2. The highest BCUT2D eigenvalue weighted by Crippen LogP contribution is 2.37. The molecule has 4 aromatic carbocycles. The van der Waals surface area contributed by atoms with E-state index >= 15 is 0 Å². The number of fused-ring (bicyclic) bond motifs is 6. The molecule has 7 aromatic rings. The molecule has 5 nitrogen and oxygen atoms in total. The number of aromatic nitrogens is 3. The van der Waals surface area contributed by atoms with Crippen molar-refractivity contribution in [1.82, 2.24) is 14.1 Å².